The Balaban J connectivity index is 1.38. The second-order valence-electron chi connectivity index (χ2n) is 5.55. The molecule has 1 fully saturated rings. The maximum atomic E-state index is 11.9. The summed E-state index contributed by atoms with van der Waals surface area (Å²) in [5, 5.41) is 12.8. The molecule has 2 aromatic rings. The number of ether oxygens (including phenoxy) is 2. The first kappa shape index (κ1) is 15.1. The molecule has 2 atom stereocenters. The number of hydrogen-bond donors (Lipinski definition) is 0. The molecule has 6 nitrogen and oxygen atoms in total. The van der Waals surface area contributed by atoms with Gasteiger partial charge in [-0.05, 0) is 36.2 Å². The fourth-order valence-electron chi connectivity index (χ4n) is 2.49. The first-order valence-electron chi connectivity index (χ1n) is 7.45. The summed E-state index contributed by atoms with van der Waals surface area (Å²) in [5.41, 5.74) is 1.67. The Morgan fingerprint density at radius 1 is 1.39 bits per heavy atom. The van der Waals surface area contributed by atoms with Crippen LogP contribution in [0.4, 0.5) is 0 Å². The van der Waals surface area contributed by atoms with Crippen molar-refractivity contribution < 1.29 is 14.3 Å². The maximum absolute atomic E-state index is 11.9. The van der Waals surface area contributed by atoms with Crippen molar-refractivity contribution in [2.45, 2.75) is 12.3 Å². The summed E-state index contributed by atoms with van der Waals surface area (Å²) in [6, 6.07) is 8.86. The van der Waals surface area contributed by atoms with Crippen molar-refractivity contribution in [3.05, 3.63) is 47.8 Å². The van der Waals surface area contributed by atoms with Gasteiger partial charge in [-0.2, -0.15) is 10.4 Å². The number of carbonyl (C=O) groups is 1. The van der Waals surface area contributed by atoms with Gasteiger partial charge in [0.05, 0.1) is 23.7 Å². The van der Waals surface area contributed by atoms with Gasteiger partial charge in [-0.3, -0.25) is 9.48 Å². The Bertz CT molecular complexity index is 730. The van der Waals surface area contributed by atoms with Gasteiger partial charge in [0.15, 0.2) is 0 Å². The quantitative estimate of drug-likeness (QED) is 0.602. The van der Waals surface area contributed by atoms with E-state index in [0.717, 1.165) is 12.0 Å². The first-order chi connectivity index (χ1) is 11.2. The Hall–Kier alpha value is -2.81. The molecule has 0 radical (unpaired) electrons. The van der Waals surface area contributed by atoms with Gasteiger partial charge in [0.2, 0.25) is 0 Å². The largest absolute Gasteiger partial charge is 0.490 e. The van der Waals surface area contributed by atoms with Crippen molar-refractivity contribution in [2.75, 3.05) is 13.2 Å². The molecule has 0 bridgehead atoms. The van der Waals surface area contributed by atoms with Crippen LogP contribution >= 0.6 is 0 Å². The fourth-order valence-corrected chi connectivity index (χ4v) is 2.49. The molecule has 1 aliphatic rings. The molecule has 2 unspecified atom stereocenters. The van der Waals surface area contributed by atoms with Crippen molar-refractivity contribution in [2.24, 2.45) is 13.0 Å². The van der Waals surface area contributed by atoms with Crippen LogP contribution < -0.4 is 4.74 Å². The van der Waals surface area contributed by atoms with Crippen LogP contribution in [0, 0.1) is 17.2 Å². The first-order valence-corrected chi connectivity index (χ1v) is 7.45. The van der Waals surface area contributed by atoms with Crippen LogP contribution in [0.5, 0.6) is 5.75 Å². The van der Waals surface area contributed by atoms with Crippen LogP contribution in [0.25, 0.3) is 0 Å². The SMILES string of the molecule is Cn1cc(C2CC2C(=O)OCCOc2ccc(C#N)cc2)cn1. The number of carbonyl (C=O) groups excluding carboxylic acids is 1. The number of nitriles is 1. The summed E-state index contributed by atoms with van der Waals surface area (Å²) in [6.07, 6.45) is 4.55. The van der Waals surface area contributed by atoms with E-state index in [2.05, 4.69) is 5.10 Å². The molecule has 1 aromatic carbocycles. The average molecular weight is 311 g/mol. The Kier molecular flexibility index (Phi) is 4.29. The number of aryl methyl sites for hydroxylation is 1. The summed E-state index contributed by atoms with van der Waals surface area (Å²) in [5.74, 6) is 0.645. The zero-order chi connectivity index (χ0) is 16.2. The molecular formula is C17H17N3O3. The Morgan fingerprint density at radius 2 is 2.17 bits per heavy atom. The molecule has 6 heteroatoms. The topological polar surface area (TPSA) is 77.1 Å². The standard InChI is InChI=1S/C17H17N3O3/c1-20-11-13(10-19-20)15-8-16(15)17(21)23-7-6-22-14-4-2-12(9-18)3-5-14/h2-5,10-11,15-16H,6-8H2,1H3. The number of aromatic nitrogens is 2. The number of nitrogens with zero attached hydrogens (tertiary/aromatic N) is 3. The van der Waals surface area contributed by atoms with E-state index < -0.39 is 0 Å². The van der Waals surface area contributed by atoms with Gasteiger partial charge < -0.3 is 9.47 Å². The smallest absolute Gasteiger partial charge is 0.309 e. The molecule has 1 aliphatic carbocycles. The van der Waals surface area contributed by atoms with Crippen molar-refractivity contribution in [1.82, 2.24) is 9.78 Å². The molecule has 1 aromatic heterocycles. The number of hydrogen-bond acceptors (Lipinski definition) is 5. The third-order valence-corrected chi connectivity index (χ3v) is 3.83. The van der Waals surface area contributed by atoms with E-state index >= 15 is 0 Å². The van der Waals surface area contributed by atoms with Crippen molar-refractivity contribution in [1.29, 1.82) is 5.26 Å². The monoisotopic (exact) mass is 311 g/mol. The molecule has 118 valence electrons. The average Bonchev–Trinajstić information content (AvgIpc) is 3.26. The van der Waals surface area contributed by atoms with Gasteiger partial charge in [0, 0.05) is 19.2 Å². The molecule has 0 N–H and O–H groups in total. The van der Waals surface area contributed by atoms with Crippen LogP contribution in [-0.2, 0) is 16.6 Å². The number of esters is 1. The molecule has 0 saturated heterocycles. The molecule has 0 aliphatic heterocycles. The van der Waals surface area contributed by atoms with E-state index in [9.17, 15) is 4.79 Å². The van der Waals surface area contributed by atoms with E-state index in [-0.39, 0.29) is 24.4 Å². The summed E-state index contributed by atoms with van der Waals surface area (Å²) >= 11 is 0. The minimum Gasteiger partial charge on any atom is -0.490 e. The normalized spacial score (nSPS) is 19.0. The number of rotatable bonds is 6. The Morgan fingerprint density at radius 3 is 2.83 bits per heavy atom. The third kappa shape index (κ3) is 3.69. The minimum absolute atomic E-state index is 0.0610. The molecule has 3 rings (SSSR count). The zero-order valence-electron chi connectivity index (χ0n) is 12.8. The zero-order valence-corrected chi connectivity index (χ0v) is 12.8. The molecule has 23 heavy (non-hydrogen) atoms. The summed E-state index contributed by atoms with van der Waals surface area (Å²) in [6.45, 7) is 0.511. The maximum Gasteiger partial charge on any atom is 0.309 e. The van der Waals surface area contributed by atoms with Gasteiger partial charge in [-0.1, -0.05) is 0 Å². The second-order valence-corrected chi connectivity index (χ2v) is 5.55. The highest BCUT2D eigenvalue weighted by atomic mass is 16.6. The van der Waals surface area contributed by atoms with Gasteiger partial charge >= 0.3 is 5.97 Å². The highest BCUT2D eigenvalue weighted by molar-refractivity contribution is 5.77. The van der Waals surface area contributed by atoms with Crippen molar-refractivity contribution in [3.8, 4) is 11.8 Å². The summed E-state index contributed by atoms with van der Waals surface area (Å²) in [4.78, 5) is 11.9. The lowest BCUT2D eigenvalue weighted by Crippen LogP contribution is -2.14. The van der Waals surface area contributed by atoms with E-state index in [0.29, 0.717) is 17.9 Å². The van der Waals surface area contributed by atoms with Crippen LogP contribution in [0.1, 0.15) is 23.5 Å². The highest BCUT2D eigenvalue weighted by Gasteiger charge is 2.45. The molecular weight excluding hydrogens is 294 g/mol. The van der Waals surface area contributed by atoms with Gasteiger partial charge in [-0.25, -0.2) is 0 Å². The van der Waals surface area contributed by atoms with Gasteiger partial charge in [0.25, 0.3) is 0 Å². The lowest BCUT2D eigenvalue weighted by molar-refractivity contribution is -0.146. The van der Waals surface area contributed by atoms with E-state index in [1.54, 1.807) is 35.1 Å². The fraction of sp³-hybridized carbons (Fsp3) is 0.353. The molecule has 1 heterocycles. The van der Waals surface area contributed by atoms with E-state index in [1.165, 1.54) is 0 Å². The van der Waals surface area contributed by atoms with E-state index in [4.69, 9.17) is 14.7 Å². The van der Waals surface area contributed by atoms with Crippen LogP contribution in [0.15, 0.2) is 36.7 Å². The highest BCUT2D eigenvalue weighted by Crippen LogP contribution is 2.47. The molecule has 0 spiro atoms. The van der Waals surface area contributed by atoms with Crippen molar-refractivity contribution in [3.63, 3.8) is 0 Å². The van der Waals surface area contributed by atoms with Gasteiger partial charge in [-0.15, -0.1) is 0 Å². The predicted octanol–water partition coefficient (Wildman–Crippen LogP) is 2.02. The van der Waals surface area contributed by atoms with Crippen molar-refractivity contribution >= 4 is 5.97 Å². The summed E-state index contributed by atoms with van der Waals surface area (Å²) < 4.78 is 12.5. The van der Waals surface area contributed by atoms with Crippen LogP contribution in [0.3, 0.4) is 0 Å². The Labute approximate surface area is 134 Å². The number of benzene rings is 1. The molecule has 0 amide bonds. The predicted molar refractivity (Wildman–Crippen MR) is 81.7 cm³/mol. The second kappa shape index (κ2) is 6.53. The van der Waals surface area contributed by atoms with Crippen LogP contribution in [-0.4, -0.2) is 29.0 Å². The van der Waals surface area contributed by atoms with E-state index in [1.807, 2.05) is 19.3 Å². The lowest BCUT2D eigenvalue weighted by Gasteiger charge is -2.07. The third-order valence-electron chi connectivity index (χ3n) is 3.83. The lowest BCUT2D eigenvalue weighted by atomic mass is 10.2. The minimum atomic E-state index is -0.178. The van der Waals surface area contributed by atoms with Gasteiger partial charge in [0.1, 0.15) is 19.0 Å². The van der Waals surface area contributed by atoms with Crippen LogP contribution in [0.2, 0.25) is 0 Å². The molecule has 1 saturated carbocycles. The summed E-state index contributed by atoms with van der Waals surface area (Å²) in [7, 11) is 1.86.